The number of benzene rings is 1. The van der Waals surface area contributed by atoms with E-state index < -0.39 is 22.9 Å². The molecule has 0 spiro atoms. The first-order valence-electron chi connectivity index (χ1n) is 5.11. The highest BCUT2D eigenvalue weighted by molar-refractivity contribution is 6.01. The number of Topliss-reactive ketones (excluding diaryl/α,β-unsaturated/α-hetero) is 1. The van der Waals surface area contributed by atoms with Gasteiger partial charge >= 0.3 is 6.18 Å². The number of halogens is 3. The third-order valence-corrected chi connectivity index (χ3v) is 2.60. The molecule has 0 heterocycles. The van der Waals surface area contributed by atoms with E-state index in [0.29, 0.717) is 0 Å². The number of hydrogen-bond donors (Lipinski definition) is 1. The number of nitrogens with two attached hydrogens (primary N) is 1. The highest BCUT2D eigenvalue weighted by Gasteiger charge is 2.38. The van der Waals surface area contributed by atoms with E-state index in [2.05, 4.69) is 0 Å². The van der Waals surface area contributed by atoms with Crippen molar-refractivity contribution in [3.05, 3.63) is 35.4 Å². The number of alkyl halides is 3. The van der Waals surface area contributed by atoms with E-state index in [4.69, 9.17) is 5.73 Å². The van der Waals surface area contributed by atoms with Crippen LogP contribution in [-0.4, -0.2) is 12.3 Å². The molecule has 5 heteroatoms. The first kappa shape index (κ1) is 13.7. The van der Waals surface area contributed by atoms with Crippen molar-refractivity contribution < 1.29 is 18.0 Å². The molecule has 0 saturated carbocycles. The van der Waals surface area contributed by atoms with Crippen LogP contribution < -0.4 is 5.73 Å². The standard InChI is InChI=1S/C12H14F3NO/c1-11(2,7-16)10(17)8-5-3-4-6-9(8)12(13,14)15/h3-6H,7,16H2,1-2H3. The van der Waals surface area contributed by atoms with Gasteiger partial charge in [0.2, 0.25) is 0 Å². The van der Waals surface area contributed by atoms with Gasteiger partial charge in [0.05, 0.1) is 5.56 Å². The molecular formula is C12H14F3NO. The van der Waals surface area contributed by atoms with E-state index in [1.54, 1.807) is 0 Å². The minimum absolute atomic E-state index is 0.00196. The third-order valence-electron chi connectivity index (χ3n) is 2.60. The van der Waals surface area contributed by atoms with Crippen LogP contribution in [0.1, 0.15) is 29.8 Å². The molecule has 0 aliphatic carbocycles. The van der Waals surface area contributed by atoms with Gasteiger partial charge in [0.25, 0.3) is 0 Å². The smallest absolute Gasteiger partial charge is 0.329 e. The van der Waals surface area contributed by atoms with Crippen molar-refractivity contribution in [1.82, 2.24) is 0 Å². The molecule has 2 nitrogen and oxygen atoms in total. The zero-order valence-corrected chi connectivity index (χ0v) is 9.64. The predicted molar refractivity (Wildman–Crippen MR) is 58.6 cm³/mol. The largest absolute Gasteiger partial charge is 0.417 e. The van der Waals surface area contributed by atoms with Gasteiger partial charge in [-0.05, 0) is 6.07 Å². The first-order chi connectivity index (χ1) is 7.70. The van der Waals surface area contributed by atoms with Crippen molar-refractivity contribution in [1.29, 1.82) is 0 Å². The maximum absolute atomic E-state index is 12.7. The normalized spacial score (nSPS) is 12.6. The average molecular weight is 245 g/mol. The van der Waals surface area contributed by atoms with Gasteiger partial charge in [0.1, 0.15) is 0 Å². The summed E-state index contributed by atoms with van der Waals surface area (Å²) in [6.07, 6.45) is -4.53. The lowest BCUT2D eigenvalue weighted by Crippen LogP contribution is -2.34. The zero-order chi connectivity index (χ0) is 13.3. The molecule has 0 atom stereocenters. The number of carbonyl (C=O) groups excluding carboxylic acids is 1. The summed E-state index contributed by atoms with van der Waals surface area (Å²) in [5.41, 5.74) is 3.17. The van der Waals surface area contributed by atoms with Crippen LogP contribution in [0.2, 0.25) is 0 Å². The lowest BCUT2D eigenvalue weighted by molar-refractivity contribution is -0.138. The average Bonchev–Trinajstić information content (AvgIpc) is 2.27. The molecule has 0 saturated heterocycles. The second-order valence-electron chi connectivity index (χ2n) is 4.46. The van der Waals surface area contributed by atoms with Crippen molar-refractivity contribution in [2.24, 2.45) is 11.1 Å². The molecule has 0 radical (unpaired) electrons. The summed E-state index contributed by atoms with van der Waals surface area (Å²) in [6.45, 7) is 3.06. The summed E-state index contributed by atoms with van der Waals surface area (Å²) in [7, 11) is 0. The number of hydrogen-bond acceptors (Lipinski definition) is 2. The Balaban J connectivity index is 3.29. The van der Waals surface area contributed by atoms with Crippen LogP contribution >= 0.6 is 0 Å². The highest BCUT2D eigenvalue weighted by atomic mass is 19.4. The topological polar surface area (TPSA) is 43.1 Å². The number of ketones is 1. The van der Waals surface area contributed by atoms with Gasteiger partial charge in [-0.3, -0.25) is 4.79 Å². The molecule has 0 aliphatic rings. The Bertz CT molecular complexity index is 424. The Morgan fingerprint density at radius 2 is 1.76 bits per heavy atom. The molecule has 0 aromatic heterocycles. The van der Waals surface area contributed by atoms with Gasteiger partial charge in [-0.15, -0.1) is 0 Å². The van der Waals surface area contributed by atoms with Crippen molar-refractivity contribution in [2.45, 2.75) is 20.0 Å². The minimum Gasteiger partial charge on any atom is -0.329 e. The summed E-state index contributed by atoms with van der Waals surface area (Å²) in [5, 5.41) is 0. The Labute approximate surface area is 97.6 Å². The van der Waals surface area contributed by atoms with Crippen molar-refractivity contribution >= 4 is 5.78 Å². The van der Waals surface area contributed by atoms with E-state index in [9.17, 15) is 18.0 Å². The summed E-state index contributed by atoms with van der Waals surface area (Å²) < 4.78 is 38.2. The lowest BCUT2D eigenvalue weighted by Gasteiger charge is -2.22. The van der Waals surface area contributed by atoms with Gasteiger partial charge < -0.3 is 5.73 Å². The second kappa shape index (κ2) is 4.49. The van der Waals surface area contributed by atoms with Gasteiger partial charge in [0.15, 0.2) is 5.78 Å². The fourth-order valence-corrected chi connectivity index (χ4v) is 1.39. The molecule has 1 aromatic carbocycles. The molecule has 0 unspecified atom stereocenters. The maximum Gasteiger partial charge on any atom is 0.417 e. The Hall–Kier alpha value is -1.36. The van der Waals surface area contributed by atoms with Crippen LogP contribution in [0.15, 0.2) is 24.3 Å². The van der Waals surface area contributed by atoms with Crippen molar-refractivity contribution in [3.63, 3.8) is 0 Å². The minimum atomic E-state index is -4.53. The van der Waals surface area contributed by atoms with Crippen molar-refractivity contribution in [3.8, 4) is 0 Å². The number of carbonyl (C=O) groups is 1. The molecule has 1 rings (SSSR count). The van der Waals surface area contributed by atoms with Crippen LogP contribution in [0.25, 0.3) is 0 Å². The molecule has 0 bridgehead atoms. The fraction of sp³-hybridized carbons (Fsp3) is 0.417. The van der Waals surface area contributed by atoms with Crippen LogP contribution in [0.4, 0.5) is 13.2 Å². The van der Waals surface area contributed by atoms with Crippen LogP contribution in [0.3, 0.4) is 0 Å². The number of rotatable bonds is 3. The summed E-state index contributed by atoms with van der Waals surface area (Å²) >= 11 is 0. The predicted octanol–water partition coefficient (Wildman–Crippen LogP) is 2.87. The monoisotopic (exact) mass is 245 g/mol. The second-order valence-corrected chi connectivity index (χ2v) is 4.46. The molecule has 94 valence electrons. The summed E-state index contributed by atoms with van der Waals surface area (Å²) in [6, 6.07) is 4.76. The molecule has 1 aromatic rings. The van der Waals surface area contributed by atoms with Crippen molar-refractivity contribution in [2.75, 3.05) is 6.54 Å². The molecule has 17 heavy (non-hydrogen) atoms. The SMILES string of the molecule is CC(C)(CN)C(=O)c1ccccc1C(F)(F)F. The van der Waals surface area contributed by atoms with E-state index >= 15 is 0 Å². The van der Waals surface area contributed by atoms with E-state index in [1.165, 1.54) is 32.0 Å². The van der Waals surface area contributed by atoms with Crippen LogP contribution in [-0.2, 0) is 6.18 Å². The maximum atomic E-state index is 12.7. The van der Waals surface area contributed by atoms with E-state index in [0.717, 1.165) is 6.07 Å². The molecule has 0 aliphatic heterocycles. The Morgan fingerprint density at radius 1 is 1.24 bits per heavy atom. The highest BCUT2D eigenvalue weighted by Crippen LogP contribution is 2.34. The fourth-order valence-electron chi connectivity index (χ4n) is 1.39. The summed E-state index contributed by atoms with van der Waals surface area (Å²) in [4.78, 5) is 12.0. The van der Waals surface area contributed by atoms with Gasteiger partial charge in [0, 0.05) is 17.5 Å². The van der Waals surface area contributed by atoms with Gasteiger partial charge in [-0.25, -0.2) is 0 Å². The van der Waals surface area contributed by atoms with E-state index in [-0.39, 0.29) is 12.1 Å². The Morgan fingerprint density at radius 3 is 2.24 bits per heavy atom. The summed E-state index contributed by atoms with van der Waals surface area (Å²) in [5.74, 6) is -0.590. The molecule has 0 fully saturated rings. The Kier molecular flexibility index (Phi) is 3.62. The van der Waals surface area contributed by atoms with E-state index in [1.807, 2.05) is 0 Å². The van der Waals surface area contributed by atoms with Crippen LogP contribution in [0.5, 0.6) is 0 Å². The third kappa shape index (κ3) is 2.85. The first-order valence-corrected chi connectivity index (χ1v) is 5.11. The quantitative estimate of drug-likeness (QED) is 0.832. The zero-order valence-electron chi connectivity index (χ0n) is 9.64. The molecular weight excluding hydrogens is 231 g/mol. The molecule has 0 amide bonds. The van der Waals surface area contributed by atoms with Gasteiger partial charge in [-0.2, -0.15) is 13.2 Å². The van der Waals surface area contributed by atoms with Crippen LogP contribution in [0, 0.1) is 5.41 Å². The lowest BCUT2D eigenvalue weighted by atomic mass is 9.83. The van der Waals surface area contributed by atoms with Gasteiger partial charge in [-0.1, -0.05) is 32.0 Å². The molecule has 2 N–H and O–H groups in total.